The molecule has 3 saturated heterocycles. The molecule has 9 rings (SSSR count). The Hall–Kier alpha value is -5.77. The third-order valence-electron chi connectivity index (χ3n) is 11.4. The zero-order valence-electron chi connectivity index (χ0n) is 30.4. The van der Waals surface area contributed by atoms with Crippen molar-refractivity contribution in [1.29, 1.82) is 0 Å². The van der Waals surface area contributed by atoms with Crippen LogP contribution in [-0.2, 0) is 9.59 Å². The number of hydrogen-bond acceptors (Lipinski definition) is 12. The number of aromatic nitrogens is 5. The maximum Gasteiger partial charge on any atom is 0.420 e. The van der Waals surface area contributed by atoms with E-state index in [1.165, 1.54) is 4.57 Å². The van der Waals surface area contributed by atoms with E-state index in [1.54, 1.807) is 31.3 Å². The molecule has 0 spiro atoms. The van der Waals surface area contributed by atoms with Gasteiger partial charge in [0.05, 0.1) is 23.1 Å². The molecule has 1 saturated carbocycles. The summed E-state index contributed by atoms with van der Waals surface area (Å²) in [7, 11) is 3.55. The number of nitrogens with zero attached hydrogens (tertiary/aromatic N) is 9. The van der Waals surface area contributed by atoms with E-state index in [2.05, 4.69) is 41.0 Å². The lowest BCUT2D eigenvalue weighted by Crippen LogP contribution is -2.63. The number of piperazine rings is 1. The van der Waals surface area contributed by atoms with Gasteiger partial charge >= 0.3 is 5.76 Å². The number of rotatable bonds is 8. The normalized spacial score (nSPS) is 20.1. The molecule has 7 heterocycles. The molecule has 0 bridgehead atoms. The second-order valence-electron chi connectivity index (χ2n) is 14.9. The molecule has 16 heteroatoms. The van der Waals surface area contributed by atoms with Gasteiger partial charge in [0.25, 0.3) is 5.91 Å². The van der Waals surface area contributed by atoms with Gasteiger partial charge in [0.2, 0.25) is 17.8 Å². The number of carbonyl (C=O) groups is 3. The van der Waals surface area contributed by atoms with E-state index in [4.69, 9.17) is 14.4 Å². The van der Waals surface area contributed by atoms with Gasteiger partial charge in [-0.1, -0.05) is 18.9 Å². The van der Waals surface area contributed by atoms with E-state index in [1.807, 2.05) is 30.5 Å². The maximum atomic E-state index is 13.1. The minimum absolute atomic E-state index is 0.0346. The van der Waals surface area contributed by atoms with Crippen LogP contribution in [0.5, 0.6) is 0 Å². The van der Waals surface area contributed by atoms with Crippen molar-refractivity contribution < 1.29 is 18.8 Å². The van der Waals surface area contributed by atoms with Gasteiger partial charge in [-0.05, 0) is 49.6 Å². The molecule has 3 amide bonds. The molecule has 54 heavy (non-hydrogen) atoms. The fraction of sp³-hybridized carbons (Fsp3) is 0.447. The Morgan fingerprint density at radius 3 is 2.43 bits per heavy atom. The third kappa shape index (κ3) is 6.03. The van der Waals surface area contributed by atoms with E-state index in [9.17, 15) is 19.2 Å². The summed E-state index contributed by atoms with van der Waals surface area (Å²) in [5.41, 5.74) is 4.34. The first-order chi connectivity index (χ1) is 26.2. The summed E-state index contributed by atoms with van der Waals surface area (Å²) in [6, 6.07) is 11.4. The van der Waals surface area contributed by atoms with Crippen molar-refractivity contribution in [3.63, 3.8) is 0 Å². The average molecular weight is 734 g/mol. The van der Waals surface area contributed by atoms with Crippen LogP contribution < -0.4 is 26.2 Å². The van der Waals surface area contributed by atoms with Crippen molar-refractivity contribution in [2.75, 3.05) is 68.5 Å². The summed E-state index contributed by atoms with van der Waals surface area (Å²) in [6.45, 7) is 5.18. The zero-order valence-corrected chi connectivity index (χ0v) is 30.4. The Labute approximate surface area is 310 Å². The van der Waals surface area contributed by atoms with Crippen LogP contribution >= 0.6 is 0 Å². The Balaban J connectivity index is 0.819. The third-order valence-corrected chi connectivity index (χ3v) is 11.4. The van der Waals surface area contributed by atoms with Gasteiger partial charge in [-0.2, -0.15) is 4.98 Å². The van der Waals surface area contributed by atoms with Crippen LogP contribution in [0.15, 0.2) is 58.0 Å². The second-order valence-corrected chi connectivity index (χ2v) is 14.9. The van der Waals surface area contributed by atoms with Gasteiger partial charge in [0.1, 0.15) is 23.2 Å². The summed E-state index contributed by atoms with van der Waals surface area (Å²) in [5.74, 6) is -0.338. The number of amides is 3. The summed E-state index contributed by atoms with van der Waals surface area (Å²) < 4.78 is 9.19. The Bertz CT molecular complexity index is 2310. The fourth-order valence-electron chi connectivity index (χ4n) is 8.50. The highest BCUT2D eigenvalue weighted by molar-refractivity contribution is 6.00. The van der Waals surface area contributed by atoms with E-state index in [0.29, 0.717) is 34.6 Å². The number of benzene rings is 1. The minimum atomic E-state index is -0.769. The Kier molecular flexibility index (Phi) is 8.55. The highest BCUT2D eigenvalue weighted by atomic mass is 16.4. The molecule has 2 N–H and O–H groups in total. The van der Waals surface area contributed by atoms with Gasteiger partial charge in [0.15, 0.2) is 5.58 Å². The summed E-state index contributed by atoms with van der Waals surface area (Å²) in [6.07, 6.45) is 8.46. The molecule has 1 atom stereocenters. The number of nitrogens with one attached hydrogen (secondary N) is 2. The van der Waals surface area contributed by atoms with Crippen molar-refractivity contribution >= 4 is 63.0 Å². The Morgan fingerprint density at radius 2 is 1.70 bits per heavy atom. The lowest BCUT2D eigenvalue weighted by atomic mass is 10.0. The summed E-state index contributed by atoms with van der Waals surface area (Å²) in [5, 5.41) is 6.45. The van der Waals surface area contributed by atoms with Crippen molar-refractivity contribution in [3.8, 4) is 0 Å². The van der Waals surface area contributed by atoms with Gasteiger partial charge in [-0.25, -0.2) is 14.8 Å². The smallest absolute Gasteiger partial charge is 0.405 e. The van der Waals surface area contributed by atoms with Crippen LogP contribution in [0.1, 0.15) is 61.1 Å². The topological polar surface area (TPSA) is 167 Å². The highest BCUT2D eigenvalue weighted by Crippen LogP contribution is 2.36. The van der Waals surface area contributed by atoms with E-state index >= 15 is 0 Å². The molecule has 1 aromatic carbocycles. The zero-order chi connectivity index (χ0) is 37.1. The second kappa shape index (κ2) is 13.6. The number of piperidine rings is 1. The number of imide groups is 1. The van der Waals surface area contributed by atoms with Crippen LogP contribution in [-0.4, -0.2) is 111 Å². The molecule has 4 fully saturated rings. The average Bonchev–Trinajstić information content (AvgIpc) is 3.89. The summed E-state index contributed by atoms with van der Waals surface area (Å²) >= 11 is 0. The molecule has 16 nitrogen and oxygen atoms in total. The lowest BCUT2D eigenvalue weighted by molar-refractivity contribution is -0.135. The summed E-state index contributed by atoms with van der Waals surface area (Å²) in [4.78, 5) is 73.0. The van der Waals surface area contributed by atoms with Crippen LogP contribution in [0.3, 0.4) is 0 Å². The molecule has 3 aliphatic heterocycles. The lowest BCUT2D eigenvalue weighted by Gasteiger charge is -2.49. The van der Waals surface area contributed by atoms with Gasteiger partial charge in [-0.3, -0.25) is 29.2 Å². The minimum Gasteiger partial charge on any atom is -0.405 e. The van der Waals surface area contributed by atoms with Crippen LogP contribution in [0, 0.1) is 0 Å². The number of para-hydroxylation sites is 1. The quantitative estimate of drug-likeness (QED) is 0.224. The molecule has 1 aliphatic carbocycles. The molecular formula is C38H43N11O5. The van der Waals surface area contributed by atoms with Crippen LogP contribution in [0.2, 0.25) is 0 Å². The Morgan fingerprint density at radius 1 is 0.907 bits per heavy atom. The number of pyridine rings is 1. The van der Waals surface area contributed by atoms with Crippen molar-refractivity contribution in [3.05, 3.63) is 65.0 Å². The van der Waals surface area contributed by atoms with Gasteiger partial charge in [0, 0.05) is 83.5 Å². The van der Waals surface area contributed by atoms with E-state index in [-0.39, 0.29) is 30.7 Å². The number of fused-ring (bicyclic) bond motifs is 2. The van der Waals surface area contributed by atoms with Gasteiger partial charge < -0.3 is 29.0 Å². The first-order valence-electron chi connectivity index (χ1n) is 18.8. The molecule has 1 unspecified atom stereocenters. The van der Waals surface area contributed by atoms with Crippen molar-refractivity contribution in [1.82, 2.24) is 39.2 Å². The predicted molar refractivity (Wildman–Crippen MR) is 202 cm³/mol. The van der Waals surface area contributed by atoms with E-state index < -0.39 is 17.7 Å². The number of oxazole rings is 1. The highest BCUT2D eigenvalue weighted by Gasteiger charge is 2.37. The number of carbonyl (C=O) groups excluding carboxylic acids is 3. The molecule has 4 aromatic heterocycles. The molecule has 280 valence electrons. The monoisotopic (exact) mass is 733 g/mol. The molecule has 0 radical (unpaired) electrons. The van der Waals surface area contributed by atoms with Crippen LogP contribution in [0.25, 0.3) is 22.1 Å². The molecule has 5 aromatic rings. The van der Waals surface area contributed by atoms with Crippen LogP contribution in [0.4, 0.5) is 23.1 Å². The first-order valence-corrected chi connectivity index (χ1v) is 18.8. The van der Waals surface area contributed by atoms with Crippen molar-refractivity contribution in [2.45, 2.75) is 56.7 Å². The molecule has 4 aliphatic rings. The molecular weight excluding hydrogens is 690 g/mol. The number of hydrogen-bond donors (Lipinski definition) is 2. The first kappa shape index (κ1) is 34.0. The number of anilines is 4. The predicted octanol–water partition coefficient (Wildman–Crippen LogP) is 3.28. The standard InChI is InChI=1S/C38H43N11O5/c1-44(2)36(52)30-18-23-19-40-37(43-34(23)48(30)24-6-3-4-7-24)41-31-12-10-25(20-39-31)45-14-16-46(17-15-45)26-21-47(22-26)27-8-5-9-28-33(27)54-38(53)49(28)29-11-13-32(50)42-35(29)51/h5,8-10,12,18-20,24,26,29H,3-4,6-7,11,13-17,21-22H2,1-2H3,(H,42,50,51)(H,39,40,41,43). The SMILES string of the molecule is CN(C)C(=O)c1cc2cnc(Nc3ccc(N4CCN(C5CN(c6cccc7c6oc(=O)n7C6CCC(=O)NC6=O)C5)CC4)cn3)nc2n1C1CCCC1. The fourth-order valence-corrected chi connectivity index (χ4v) is 8.50. The van der Waals surface area contributed by atoms with Gasteiger partial charge in [-0.15, -0.1) is 0 Å². The maximum absolute atomic E-state index is 13.1. The van der Waals surface area contributed by atoms with E-state index in [0.717, 1.165) is 87.4 Å². The van der Waals surface area contributed by atoms with Crippen molar-refractivity contribution in [2.24, 2.45) is 0 Å². The largest absolute Gasteiger partial charge is 0.420 e.